The first-order chi connectivity index (χ1) is 28.6. The molecule has 310 valence electrons. The van der Waals surface area contributed by atoms with Crippen molar-refractivity contribution in [1.82, 2.24) is 30.1 Å². The standard InChI is InChI=1S/C45H50F3N7O4/c1-3-33-36(47)16-13-28-20-32(56)21-34(39(28)33)41-40(48)42-35(23-50-41)43(52-44(51-42)59-27-45-17-11-19-54(45)24-29(46)22-45)53-25-30-14-15-31(26-53)55(30)38(58)12-9-7-5-6-8-10-18-49-37(57)4-2/h1,4,13,16,20-21,23,29-31,56H,2,5-12,14-15,17-19,22,24-27H2,(H,49,57). The average molecular weight is 810 g/mol. The van der Waals surface area contributed by atoms with E-state index >= 15 is 4.39 Å². The number of hydrogen-bond acceptors (Lipinski definition) is 9. The minimum atomic E-state index is -0.961. The molecule has 4 atom stereocenters. The Labute approximate surface area is 342 Å². The molecule has 0 aliphatic carbocycles. The highest BCUT2D eigenvalue weighted by Crippen LogP contribution is 2.43. The summed E-state index contributed by atoms with van der Waals surface area (Å²) in [4.78, 5) is 45.2. The number of halogens is 3. The SMILES string of the molecule is C#Cc1c(F)ccc2cc(O)cc(-c3ncc4c(N5CC6CCC(C5)N6C(=O)CCCCCCCCNC(=O)C=C)nc(OCC56CCCN5CC(F)C6)nc4c3F)c12. The Morgan fingerprint density at radius 2 is 1.83 bits per heavy atom. The summed E-state index contributed by atoms with van der Waals surface area (Å²) in [6.45, 7) is 6.31. The summed E-state index contributed by atoms with van der Waals surface area (Å²) in [5.41, 5.74) is -0.728. The van der Waals surface area contributed by atoms with Crippen molar-refractivity contribution in [2.24, 2.45) is 0 Å². The molecule has 4 unspecified atom stereocenters. The summed E-state index contributed by atoms with van der Waals surface area (Å²) in [6.07, 6.45) is 17.5. The van der Waals surface area contributed by atoms with E-state index in [9.17, 15) is 23.5 Å². The Hall–Kier alpha value is -5.42. The molecule has 4 saturated heterocycles. The topological polar surface area (TPSA) is 124 Å². The number of aromatic nitrogens is 3. The fourth-order valence-electron chi connectivity index (χ4n) is 9.92. The summed E-state index contributed by atoms with van der Waals surface area (Å²) in [5.74, 6) is 1.11. The van der Waals surface area contributed by atoms with E-state index in [-0.39, 0.29) is 70.0 Å². The van der Waals surface area contributed by atoms with Gasteiger partial charge in [-0.1, -0.05) is 44.2 Å². The van der Waals surface area contributed by atoms with E-state index in [2.05, 4.69) is 37.6 Å². The molecule has 2 N–H and O–H groups in total. The first-order valence-electron chi connectivity index (χ1n) is 20.9. The predicted molar refractivity (Wildman–Crippen MR) is 220 cm³/mol. The molecule has 11 nitrogen and oxygen atoms in total. The average Bonchev–Trinajstić information content (AvgIpc) is 3.85. The third kappa shape index (κ3) is 8.01. The van der Waals surface area contributed by atoms with Crippen LogP contribution < -0.4 is 15.0 Å². The number of terminal acetylenes is 1. The second kappa shape index (κ2) is 17.0. The Bertz CT molecular complexity index is 2310. The van der Waals surface area contributed by atoms with E-state index in [0.29, 0.717) is 55.6 Å². The minimum absolute atomic E-state index is 0.0554. The van der Waals surface area contributed by atoms with Crippen molar-refractivity contribution >= 4 is 39.3 Å². The van der Waals surface area contributed by atoms with Crippen LogP contribution in [-0.4, -0.2) is 105 Å². The van der Waals surface area contributed by atoms with Gasteiger partial charge in [0, 0.05) is 68.3 Å². The predicted octanol–water partition coefficient (Wildman–Crippen LogP) is 6.98. The molecule has 0 radical (unpaired) electrons. The number of nitrogens with one attached hydrogen (secondary N) is 1. The zero-order chi connectivity index (χ0) is 41.3. The highest BCUT2D eigenvalue weighted by atomic mass is 19.1. The van der Waals surface area contributed by atoms with Crippen molar-refractivity contribution in [3.8, 4) is 35.4 Å². The van der Waals surface area contributed by atoms with Crippen molar-refractivity contribution in [3.63, 3.8) is 0 Å². The molecule has 8 rings (SSSR count). The molecule has 4 fully saturated rings. The van der Waals surface area contributed by atoms with Crippen molar-refractivity contribution < 1.29 is 32.6 Å². The van der Waals surface area contributed by atoms with Crippen LogP contribution in [0, 0.1) is 24.0 Å². The maximum atomic E-state index is 17.1. The number of phenols is 1. The Balaban J connectivity index is 1.05. The van der Waals surface area contributed by atoms with Crippen LogP contribution in [0.1, 0.15) is 82.6 Å². The van der Waals surface area contributed by atoms with E-state index in [1.807, 2.05) is 4.90 Å². The number of alkyl halides is 1. The number of rotatable bonds is 15. The van der Waals surface area contributed by atoms with Crippen LogP contribution in [0.15, 0.2) is 43.1 Å². The maximum absolute atomic E-state index is 17.1. The summed E-state index contributed by atoms with van der Waals surface area (Å²) >= 11 is 0. The number of benzene rings is 2. The summed E-state index contributed by atoms with van der Waals surface area (Å²) in [7, 11) is 0. The first-order valence-corrected chi connectivity index (χ1v) is 20.9. The molecule has 4 aliphatic heterocycles. The maximum Gasteiger partial charge on any atom is 0.319 e. The van der Waals surface area contributed by atoms with Gasteiger partial charge in [-0.2, -0.15) is 9.97 Å². The van der Waals surface area contributed by atoms with Crippen LogP contribution in [0.4, 0.5) is 19.0 Å². The number of pyridine rings is 1. The number of nitrogens with zero attached hydrogens (tertiary/aromatic N) is 6. The molecular weight excluding hydrogens is 760 g/mol. The van der Waals surface area contributed by atoms with Crippen LogP contribution in [0.25, 0.3) is 32.9 Å². The molecular formula is C45H50F3N7O4. The number of amides is 2. The molecule has 4 aromatic rings. The number of fused-ring (bicyclic) bond motifs is 5. The van der Waals surface area contributed by atoms with Crippen LogP contribution in [0.5, 0.6) is 11.8 Å². The van der Waals surface area contributed by atoms with Crippen LogP contribution in [0.2, 0.25) is 0 Å². The van der Waals surface area contributed by atoms with Gasteiger partial charge >= 0.3 is 6.01 Å². The number of hydrogen-bond donors (Lipinski definition) is 2. The lowest BCUT2D eigenvalue weighted by atomic mass is 9.95. The van der Waals surface area contributed by atoms with Gasteiger partial charge in [0.1, 0.15) is 41.4 Å². The molecule has 59 heavy (non-hydrogen) atoms. The van der Waals surface area contributed by atoms with E-state index in [0.717, 1.165) is 70.8 Å². The van der Waals surface area contributed by atoms with Crippen molar-refractivity contribution in [2.75, 3.05) is 44.2 Å². The smallest absolute Gasteiger partial charge is 0.319 e. The number of carbonyl (C=O) groups excluding carboxylic acids is 2. The number of ether oxygens (including phenoxy) is 1. The third-order valence-corrected chi connectivity index (χ3v) is 12.7. The number of unbranched alkanes of at least 4 members (excludes halogenated alkanes) is 5. The second-order valence-electron chi connectivity index (χ2n) is 16.5. The summed E-state index contributed by atoms with van der Waals surface area (Å²) < 4.78 is 53.1. The zero-order valence-corrected chi connectivity index (χ0v) is 33.2. The van der Waals surface area contributed by atoms with Gasteiger partial charge in [0.2, 0.25) is 11.8 Å². The van der Waals surface area contributed by atoms with E-state index in [1.54, 1.807) is 0 Å². The van der Waals surface area contributed by atoms with Gasteiger partial charge in [-0.25, -0.2) is 13.2 Å². The highest BCUT2D eigenvalue weighted by Gasteiger charge is 2.49. The van der Waals surface area contributed by atoms with Crippen LogP contribution in [-0.2, 0) is 9.59 Å². The van der Waals surface area contributed by atoms with Gasteiger partial charge in [-0.3, -0.25) is 19.5 Å². The van der Waals surface area contributed by atoms with Gasteiger partial charge in [0.05, 0.1) is 16.5 Å². The van der Waals surface area contributed by atoms with Gasteiger partial charge < -0.3 is 25.0 Å². The molecule has 0 spiro atoms. The lowest BCUT2D eigenvalue weighted by molar-refractivity contribution is -0.134. The molecule has 6 heterocycles. The number of piperazine rings is 1. The third-order valence-electron chi connectivity index (χ3n) is 12.7. The monoisotopic (exact) mass is 809 g/mol. The van der Waals surface area contributed by atoms with Crippen molar-refractivity contribution in [3.05, 3.63) is 60.3 Å². The Morgan fingerprint density at radius 3 is 2.59 bits per heavy atom. The molecule has 0 saturated carbocycles. The number of aromatic hydroxyl groups is 1. The molecule has 2 aromatic carbocycles. The van der Waals surface area contributed by atoms with E-state index < -0.39 is 23.3 Å². The number of phenolic OH excluding ortho intramolecular Hbond substituents is 1. The molecule has 4 aliphatic rings. The van der Waals surface area contributed by atoms with Crippen LogP contribution >= 0.6 is 0 Å². The lowest BCUT2D eigenvalue weighted by Gasteiger charge is -2.42. The Kier molecular flexibility index (Phi) is 11.7. The lowest BCUT2D eigenvalue weighted by Crippen LogP contribution is -2.56. The number of anilines is 1. The quantitative estimate of drug-likeness (QED) is 0.0744. The minimum Gasteiger partial charge on any atom is -0.508 e. The fourth-order valence-corrected chi connectivity index (χ4v) is 9.92. The van der Waals surface area contributed by atoms with Gasteiger partial charge in [0.15, 0.2) is 5.82 Å². The van der Waals surface area contributed by atoms with E-state index in [4.69, 9.17) is 16.1 Å². The molecule has 2 amide bonds. The van der Waals surface area contributed by atoms with Crippen LogP contribution in [0.3, 0.4) is 0 Å². The van der Waals surface area contributed by atoms with E-state index in [1.165, 1.54) is 36.5 Å². The molecule has 2 bridgehead atoms. The zero-order valence-electron chi connectivity index (χ0n) is 33.2. The highest BCUT2D eigenvalue weighted by molar-refractivity contribution is 6.03. The van der Waals surface area contributed by atoms with Gasteiger partial charge in [-0.05, 0) is 74.7 Å². The summed E-state index contributed by atoms with van der Waals surface area (Å²) in [5, 5.41) is 14.4. The molecule has 14 heteroatoms. The van der Waals surface area contributed by atoms with Gasteiger partial charge in [-0.15, -0.1) is 6.42 Å². The molecule has 2 aromatic heterocycles. The number of carbonyl (C=O) groups is 2. The summed E-state index contributed by atoms with van der Waals surface area (Å²) in [6, 6.07) is 5.24. The largest absolute Gasteiger partial charge is 0.508 e. The van der Waals surface area contributed by atoms with Crippen molar-refractivity contribution in [2.45, 2.75) is 101 Å². The first kappa shape index (κ1) is 40.4. The second-order valence-corrected chi connectivity index (χ2v) is 16.5. The normalized spacial score (nSPS) is 22.5. The Morgan fingerprint density at radius 1 is 1.07 bits per heavy atom. The van der Waals surface area contributed by atoms with Gasteiger partial charge in [0.25, 0.3) is 0 Å². The van der Waals surface area contributed by atoms with Crippen molar-refractivity contribution in [1.29, 1.82) is 0 Å². The fraction of sp³-hybridized carbons (Fsp3) is 0.489.